The van der Waals surface area contributed by atoms with Gasteiger partial charge in [0.05, 0.1) is 5.56 Å². The van der Waals surface area contributed by atoms with Crippen LogP contribution in [-0.4, -0.2) is 16.2 Å². The van der Waals surface area contributed by atoms with Crippen molar-refractivity contribution in [3.8, 4) is 5.75 Å². The molecule has 23 heavy (non-hydrogen) atoms. The van der Waals surface area contributed by atoms with Crippen LogP contribution in [0.5, 0.6) is 5.75 Å². The van der Waals surface area contributed by atoms with Crippen LogP contribution in [0.15, 0.2) is 42.5 Å². The first-order valence-corrected chi connectivity index (χ1v) is 15.8. The van der Waals surface area contributed by atoms with Crippen LogP contribution in [0.2, 0.25) is 0 Å². The number of aryl methyl sites for hydroxylation is 1. The predicted molar refractivity (Wildman–Crippen MR) is 106 cm³/mol. The normalized spacial score (nSPS) is 10.5. The fraction of sp³-hybridized carbons (Fsp3) is 0.235. The summed E-state index contributed by atoms with van der Waals surface area (Å²) in [5, 5.41) is 18.6. The molecule has 0 radical (unpaired) electrons. The van der Waals surface area contributed by atoms with Crippen molar-refractivity contribution in [2.75, 3.05) is 0 Å². The molecule has 2 N–H and O–H groups in total. The van der Waals surface area contributed by atoms with E-state index in [4.69, 9.17) is 0 Å². The number of benzene rings is 2. The Morgan fingerprint density at radius 1 is 1.04 bits per heavy atom. The van der Waals surface area contributed by atoms with E-state index < -0.39 is 5.97 Å². The molecule has 123 valence electrons. The Morgan fingerprint density at radius 2 is 1.52 bits per heavy atom. The number of carboxylic acid groups (broad SMARTS) is 1. The second kappa shape index (κ2) is 9.29. The van der Waals surface area contributed by atoms with E-state index in [0.717, 1.165) is 16.7 Å². The number of hydrogen-bond acceptors (Lipinski definition) is 2. The third-order valence-electron chi connectivity index (χ3n) is 3.78. The molecule has 0 fully saturated rings. The Bertz CT molecular complexity index is 670. The van der Waals surface area contributed by atoms with Gasteiger partial charge in [-0.2, -0.15) is 0 Å². The van der Waals surface area contributed by atoms with Gasteiger partial charge in [0.2, 0.25) is 0 Å². The Balaban J connectivity index is 0.000000816. The van der Waals surface area contributed by atoms with E-state index in [-0.39, 0.29) is 11.2 Å². The molecule has 0 heterocycles. The fourth-order valence-corrected chi connectivity index (χ4v) is 2.29. The molecule has 3 nitrogen and oxygen atoms in total. The van der Waals surface area contributed by atoms with Crippen molar-refractivity contribution in [1.82, 2.24) is 0 Å². The summed E-state index contributed by atoms with van der Waals surface area (Å²) >= 11 is 4.74. The average molecular weight is 575 g/mol. The summed E-state index contributed by atoms with van der Waals surface area (Å²) in [7, 11) is 0.628. The fourth-order valence-electron chi connectivity index (χ4n) is 2.29. The van der Waals surface area contributed by atoms with Crippen molar-refractivity contribution in [2.45, 2.75) is 26.2 Å². The maximum atomic E-state index is 11.2. The summed E-state index contributed by atoms with van der Waals surface area (Å²) in [6.07, 6.45) is 0. The van der Waals surface area contributed by atoms with Gasteiger partial charge in [0, 0.05) is 5.41 Å². The average Bonchev–Trinajstić information content (AvgIpc) is 2.48. The van der Waals surface area contributed by atoms with Gasteiger partial charge in [0.15, 0.2) is 0 Å². The van der Waals surface area contributed by atoms with Crippen LogP contribution in [0.1, 0.15) is 40.9 Å². The quantitative estimate of drug-likeness (QED) is 0.477. The first kappa shape index (κ1) is 20.8. The zero-order valence-electron chi connectivity index (χ0n) is 13.0. The molecular weight excluding hydrogens is 557 g/mol. The second-order valence-corrected chi connectivity index (χ2v) is 17.4. The number of halogens is 2. The number of aromatic hydroxyl groups is 1. The summed E-state index contributed by atoms with van der Waals surface area (Å²) in [4.78, 5) is 11.2. The van der Waals surface area contributed by atoms with Crippen molar-refractivity contribution < 1.29 is 24.5 Å². The summed E-state index contributed by atoms with van der Waals surface area (Å²) in [5.41, 5.74) is 2.71. The van der Waals surface area contributed by atoms with Gasteiger partial charge in [-0.25, -0.2) is 4.79 Å². The second-order valence-electron chi connectivity index (χ2n) is 5.57. The first-order chi connectivity index (χ1) is 10.7. The van der Waals surface area contributed by atoms with E-state index in [1.165, 1.54) is 0 Å². The number of rotatable bonds is 3. The zero-order chi connectivity index (χ0) is 17.6. The Hall–Kier alpha value is -0.246. The number of phenols is 1. The molecule has 0 aliphatic heterocycles. The SMILES string of the molecule is Cc1ccc(C(C)(C)c2ccc(O)cc2)cc1C(=O)O.[I][V][I]. The molecule has 0 aliphatic carbocycles. The van der Waals surface area contributed by atoms with Crippen molar-refractivity contribution in [3.05, 3.63) is 64.7 Å². The Morgan fingerprint density at radius 3 is 2.00 bits per heavy atom. The molecule has 0 saturated carbocycles. The number of aromatic carboxylic acids is 1. The third-order valence-corrected chi connectivity index (χ3v) is 3.78. The van der Waals surface area contributed by atoms with E-state index >= 15 is 0 Å². The van der Waals surface area contributed by atoms with Gasteiger partial charge >= 0.3 is 55.4 Å². The van der Waals surface area contributed by atoms with Gasteiger partial charge in [-0.15, -0.1) is 0 Å². The molecule has 2 rings (SSSR count). The molecule has 0 atom stereocenters. The van der Waals surface area contributed by atoms with Gasteiger partial charge in [-0.3, -0.25) is 0 Å². The minimum absolute atomic E-state index is 0.222. The molecule has 0 aromatic heterocycles. The molecule has 0 spiro atoms. The summed E-state index contributed by atoms with van der Waals surface area (Å²) < 4.78 is 0. The molecule has 6 heteroatoms. The van der Waals surface area contributed by atoms with E-state index in [0.29, 0.717) is 15.0 Å². The van der Waals surface area contributed by atoms with Gasteiger partial charge < -0.3 is 10.2 Å². The van der Waals surface area contributed by atoms with Gasteiger partial charge in [-0.1, -0.05) is 38.1 Å². The molecule has 2 aromatic rings. The number of carbonyl (C=O) groups is 1. The molecule has 0 bridgehead atoms. The van der Waals surface area contributed by atoms with Gasteiger partial charge in [-0.05, 0) is 41.8 Å². The van der Waals surface area contributed by atoms with Crippen LogP contribution in [0.3, 0.4) is 0 Å². The van der Waals surface area contributed by atoms with E-state index in [2.05, 4.69) is 40.0 Å². The van der Waals surface area contributed by atoms with Crippen molar-refractivity contribution in [2.24, 2.45) is 0 Å². The zero-order valence-corrected chi connectivity index (χ0v) is 18.8. The monoisotopic (exact) mass is 575 g/mol. The Kier molecular flexibility index (Phi) is 8.40. The van der Waals surface area contributed by atoms with Crippen molar-refractivity contribution >= 4 is 45.9 Å². The van der Waals surface area contributed by atoms with Crippen LogP contribution >= 0.6 is 40.0 Å². The third kappa shape index (κ3) is 5.65. The van der Waals surface area contributed by atoms with Crippen LogP contribution in [-0.2, 0) is 14.9 Å². The minimum atomic E-state index is -0.911. The van der Waals surface area contributed by atoms with Crippen molar-refractivity contribution in [1.29, 1.82) is 0 Å². The number of carboxylic acids is 1. The number of phenolic OH excluding ortho intramolecular Hbond substituents is 1. The Labute approximate surface area is 165 Å². The van der Waals surface area contributed by atoms with Crippen LogP contribution in [0.4, 0.5) is 0 Å². The van der Waals surface area contributed by atoms with E-state index in [1.807, 2.05) is 38.1 Å². The number of hydrogen-bond donors (Lipinski definition) is 2. The first-order valence-electron chi connectivity index (χ1n) is 6.80. The molecule has 0 aliphatic rings. The van der Waals surface area contributed by atoms with Crippen LogP contribution in [0, 0.1) is 6.92 Å². The summed E-state index contributed by atoms with van der Waals surface area (Å²) in [6, 6.07) is 12.5. The van der Waals surface area contributed by atoms with E-state index in [9.17, 15) is 15.0 Å². The molecule has 0 amide bonds. The van der Waals surface area contributed by atoms with Crippen LogP contribution in [0.25, 0.3) is 0 Å². The topological polar surface area (TPSA) is 57.5 Å². The standard InChI is InChI=1S/C17H18O3.2HI.V/c1-11-4-5-13(10-15(11)16(19)20)17(2,3)12-6-8-14(18)9-7-12;;;/h4-10,18H,1-3H3,(H,19,20);2*1H;/q;;;+2/p-2. The molecule has 0 unspecified atom stereocenters. The molecule has 0 saturated heterocycles. The van der Waals surface area contributed by atoms with Gasteiger partial charge in [0.25, 0.3) is 0 Å². The van der Waals surface area contributed by atoms with Crippen LogP contribution < -0.4 is 0 Å². The van der Waals surface area contributed by atoms with Gasteiger partial charge in [0.1, 0.15) is 5.75 Å². The molecular formula is C17H18I2O3V. The van der Waals surface area contributed by atoms with Crippen molar-refractivity contribution in [3.63, 3.8) is 0 Å². The van der Waals surface area contributed by atoms with E-state index in [1.54, 1.807) is 25.1 Å². The maximum absolute atomic E-state index is 11.2. The predicted octanol–water partition coefficient (Wildman–Crippen LogP) is 5.49. The molecule has 2 aromatic carbocycles. The summed E-state index contributed by atoms with van der Waals surface area (Å²) in [6.45, 7) is 5.87. The summed E-state index contributed by atoms with van der Waals surface area (Å²) in [5.74, 6) is -0.689.